The summed E-state index contributed by atoms with van der Waals surface area (Å²) in [6.45, 7) is 0. The molecule has 1 heterocycles. The van der Waals surface area contributed by atoms with Crippen molar-refractivity contribution in [2.24, 2.45) is 5.92 Å². The summed E-state index contributed by atoms with van der Waals surface area (Å²) >= 11 is 0. The molecule has 0 unspecified atom stereocenters. The fraction of sp³-hybridized carbons (Fsp3) is 0.467. The van der Waals surface area contributed by atoms with Gasteiger partial charge in [0, 0.05) is 19.0 Å². The van der Waals surface area contributed by atoms with E-state index >= 15 is 0 Å². The number of pyridine rings is 1. The highest BCUT2D eigenvalue weighted by Crippen LogP contribution is 2.25. The van der Waals surface area contributed by atoms with Crippen LogP contribution in [0.15, 0.2) is 24.4 Å². The maximum absolute atomic E-state index is 12.1. The minimum Gasteiger partial charge on any atom is -0.467 e. The van der Waals surface area contributed by atoms with E-state index in [1.165, 1.54) is 13.3 Å². The van der Waals surface area contributed by atoms with Gasteiger partial charge in [-0.25, -0.2) is 4.79 Å². The molecule has 6 heteroatoms. The Kier molecular flexibility index (Phi) is 5.03. The van der Waals surface area contributed by atoms with Crippen LogP contribution >= 0.6 is 0 Å². The van der Waals surface area contributed by atoms with E-state index < -0.39 is 17.9 Å². The Morgan fingerprint density at radius 3 is 2.86 bits per heavy atom. The minimum absolute atomic E-state index is 0.118. The summed E-state index contributed by atoms with van der Waals surface area (Å²) in [7, 11) is 1.27. The first-order chi connectivity index (χ1) is 10.1. The summed E-state index contributed by atoms with van der Waals surface area (Å²) in [6, 6.07) is 4.15. The molecule has 21 heavy (non-hydrogen) atoms. The standard InChI is InChI=1S/C15H18N2O4/c1-21-15(20)13(10-5-4-6-11(18)9-10)17-14(19)12-7-2-3-8-16-12/h2-3,7-8,10,13H,4-6,9H2,1H3,(H,17,19)/t10-,13-/m1/s1. The van der Waals surface area contributed by atoms with E-state index in [1.54, 1.807) is 18.2 Å². The SMILES string of the molecule is COC(=O)[C@H](NC(=O)c1ccccn1)[C@@H]1CCCC(=O)C1. The third-order valence-corrected chi connectivity index (χ3v) is 3.63. The number of esters is 1. The monoisotopic (exact) mass is 290 g/mol. The lowest BCUT2D eigenvalue weighted by Crippen LogP contribution is -2.48. The van der Waals surface area contributed by atoms with Crippen molar-refractivity contribution in [3.63, 3.8) is 0 Å². The van der Waals surface area contributed by atoms with Crippen LogP contribution in [0, 0.1) is 5.92 Å². The lowest BCUT2D eigenvalue weighted by molar-refractivity contribution is -0.145. The number of ether oxygens (including phenoxy) is 1. The third-order valence-electron chi connectivity index (χ3n) is 3.63. The van der Waals surface area contributed by atoms with Gasteiger partial charge in [-0.1, -0.05) is 6.07 Å². The molecule has 2 rings (SSSR count). The predicted molar refractivity (Wildman–Crippen MR) is 74.5 cm³/mol. The van der Waals surface area contributed by atoms with E-state index in [0.717, 1.165) is 6.42 Å². The lowest BCUT2D eigenvalue weighted by atomic mass is 9.83. The lowest BCUT2D eigenvalue weighted by Gasteiger charge is -2.28. The average molecular weight is 290 g/mol. The van der Waals surface area contributed by atoms with Gasteiger partial charge in [0.2, 0.25) is 0 Å². The van der Waals surface area contributed by atoms with E-state index in [9.17, 15) is 14.4 Å². The van der Waals surface area contributed by atoms with Gasteiger partial charge in [0.25, 0.3) is 5.91 Å². The van der Waals surface area contributed by atoms with Crippen molar-refractivity contribution in [1.82, 2.24) is 10.3 Å². The van der Waals surface area contributed by atoms with Crippen molar-refractivity contribution in [1.29, 1.82) is 0 Å². The van der Waals surface area contributed by atoms with Gasteiger partial charge in [0.1, 0.15) is 17.5 Å². The van der Waals surface area contributed by atoms with Gasteiger partial charge < -0.3 is 10.1 Å². The van der Waals surface area contributed by atoms with Crippen LogP contribution in [-0.2, 0) is 14.3 Å². The molecule has 1 aromatic rings. The van der Waals surface area contributed by atoms with Crippen LogP contribution in [-0.4, -0.2) is 35.8 Å². The summed E-state index contributed by atoms with van der Waals surface area (Å²) in [6.07, 6.45) is 3.79. The van der Waals surface area contributed by atoms with Crippen LogP contribution in [0.25, 0.3) is 0 Å². The summed E-state index contributed by atoms with van der Waals surface area (Å²) in [5.74, 6) is -1.07. The molecule has 1 N–H and O–H groups in total. The quantitative estimate of drug-likeness (QED) is 0.840. The molecule has 0 aromatic carbocycles. The summed E-state index contributed by atoms with van der Waals surface area (Å²) in [5.41, 5.74) is 0.230. The molecule has 0 saturated heterocycles. The van der Waals surface area contributed by atoms with Crippen LogP contribution in [0.4, 0.5) is 0 Å². The number of rotatable bonds is 4. The molecule has 6 nitrogen and oxygen atoms in total. The number of hydrogen-bond donors (Lipinski definition) is 1. The number of nitrogens with one attached hydrogen (secondary N) is 1. The van der Waals surface area contributed by atoms with Crippen LogP contribution in [0.2, 0.25) is 0 Å². The van der Waals surface area contributed by atoms with Gasteiger partial charge in [-0.2, -0.15) is 0 Å². The molecule has 0 aliphatic heterocycles. The van der Waals surface area contributed by atoms with Crippen LogP contribution in [0.3, 0.4) is 0 Å². The number of amides is 1. The molecule has 1 aromatic heterocycles. The third kappa shape index (κ3) is 3.87. The molecule has 1 fully saturated rings. The first-order valence-corrected chi connectivity index (χ1v) is 6.93. The number of carbonyl (C=O) groups excluding carboxylic acids is 3. The second-order valence-electron chi connectivity index (χ2n) is 5.08. The molecule has 1 aliphatic rings. The zero-order chi connectivity index (χ0) is 15.2. The Bertz CT molecular complexity index is 530. The number of hydrogen-bond acceptors (Lipinski definition) is 5. The smallest absolute Gasteiger partial charge is 0.328 e. The fourth-order valence-corrected chi connectivity index (χ4v) is 2.55. The number of nitrogens with zero attached hydrogens (tertiary/aromatic N) is 1. The number of ketones is 1. The van der Waals surface area contributed by atoms with Crippen molar-refractivity contribution < 1.29 is 19.1 Å². The zero-order valence-corrected chi connectivity index (χ0v) is 11.9. The number of aromatic nitrogens is 1. The molecule has 1 amide bonds. The fourth-order valence-electron chi connectivity index (χ4n) is 2.55. The molecule has 112 valence electrons. The van der Waals surface area contributed by atoms with E-state index in [4.69, 9.17) is 4.74 Å². The number of carbonyl (C=O) groups is 3. The molecular weight excluding hydrogens is 272 g/mol. The Morgan fingerprint density at radius 1 is 1.43 bits per heavy atom. The largest absolute Gasteiger partial charge is 0.467 e. The molecule has 2 atom stereocenters. The Hall–Kier alpha value is -2.24. The van der Waals surface area contributed by atoms with E-state index in [0.29, 0.717) is 19.3 Å². The van der Waals surface area contributed by atoms with E-state index in [2.05, 4.69) is 10.3 Å². The maximum atomic E-state index is 12.1. The number of Topliss-reactive ketones (excluding diaryl/α,β-unsaturated/α-hetero) is 1. The average Bonchev–Trinajstić information content (AvgIpc) is 2.52. The van der Waals surface area contributed by atoms with Gasteiger partial charge in [-0.3, -0.25) is 14.6 Å². The van der Waals surface area contributed by atoms with Crippen LogP contribution in [0.1, 0.15) is 36.2 Å². The van der Waals surface area contributed by atoms with Crippen LogP contribution in [0.5, 0.6) is 0 Å². The van der Waals surface area contributed by atoms with Crippen molar-refractivity contribution in [3.8, 4) is 0 Å². The second kappa shape index (κ2) is 6.97. The Balaban J connectivity index is 2.11. The Labute approximate surface area is 122 Å². The van der Waals surface area contributed by atoms with Gasteiger partial charge >= 0.3 is 5.97 Å². The van der Waals surface area contributed by atoms with Gasteiger partial charge in [0.15, 0.2) is 0 Å². The Morgan fingerprint density at radius 2 is 2.24 bits per heavy atom. The topological polar surface area (TPSA) is 85.4 Å². The van der Waals surface area contributed by atoms with Crippen LogP contribution < -0.4 is 5.32 Å². The zero-order valence-electron chi connectivity index (χ0n) is 11.9. The highest BCUT2D eigenvalue weighted by Gasteiger charge is 2.34. The molecular formula is C15H18N2O4. The summed E-state index contributed by atoms with van der Waals surface area (Å²) in [5, 5.41) is 2.65. The summed E-state index contributed by atoms with van der Waals surface area (Å²) < 4.78 is 4.75. The maximum Gasteiger partial charge on any atom is 0.328 e. The second-order valence-corrected chi connectivity index (χ2v) is 5.08. The predicted octanol–water partition coefficient (Wildman–Crippen LogP) is 1.11. The van der Waals surface area contributed by atoms with Gasteiger partial charge in [-0.05, 0) is 30.9 Å². The molecule has 0 radical (unpaired) electrons. The highest BCUT2D eigenvalue weighted by molar-refractivity contribution is 5.95. The summed E-state index contributed by atoms with van der Waals surface area (Å²) in [4.78, 5) is 39.6. The van der Waals surface area contributed by atoms with Crippen molar-refractivity contribution in [2.45, 2.75) is 31.7 Å². The van der Waals surface area contributed by atoms with E-state index in [1.807, 2.05) is 0 Å². The highest BCUT2D eigenvalue weighted by atomic mass is 16.5. The number of methoxy groups -OCH3 is 1. The molecule has 1 aliphatic carbocycles. The first-order valence-electron chi connectivity index (χ1n) is 6.93. The van der Waals surface area contributed by atoms with Gasteiger partial charge in [0.05, 0.1) is 7.11 Å². The molecule has 1 saturated carbocycles. The first kappa shape index (κ1) is 15.2. The molecule has 0 spiro atoms. The van der Waals surface area contributed by atoms with Crippen molar-refractivity contribution in [2.75, 3.05) is 7.11 Å². The normalized spacial score (nSPS) is 19.7. The molecule has 0 bridgehead atoms. The van der Waals surface area contributed by atoms with Gasteiger partial charge in [-0.15, -0.1) is 0 Å². The minimum atomic E-state index is -0.811. The van der Waals surface area contributed by atoms with E-state index in [-0.39, 0.29) is 17.4 Å². The van der Waals surface area contributed by atoms with Crippen molar-refractivity contribution >= 4 is 17.7 Å². The van der Waals surface area contributed by atoms with Crippen molar-refractivity contribution in [3.05, 3.63) is 30.1 Å².